The van der Waals surface area contributed by atoms with E-state index in [0.717, 1.165) is 12.2 Å². The molecule has 3 aromatic carbocycles. The van der Waals surface area contributed by atoms with Gasteiger partial charge in [-0.3, -0.25) is 0 Å². The third kappa shape index (κ3) is 3.33. The molecule has 1 N–H and O–H groups in total. The highest BCUT2D eigenvalue weighted by molar-refractivity contribution is 5.65. The van der Waals surface area contributed by atoms with Crippen LogP contribution in [-0.4, -0.2) is 0 Å². The molecule has 29 heavy (non-hydrogen) atoms. The molecule has 0 fully saturated rings. The maximum absolute atomic E-state index is 5.98. The second-order valence-electron chi connectivity index (χ2n) is 8.29. The lowest BCUT2D eigenvalue weighted by molar-refractivity contribution is 0.306. The van der Waals surface area contributed by atoms with Gasteiger partial charge in [0.15, 0.2) is 0 Å². The Bertz CT molecular complexity index is 1040. The number of anilines is 1. The van der Waals surface area contributed by atoms with Gasteiger partial charge in [0.2, 0.25) is 0 Å². The molecular weight excluding hydrogens is 354 g/mol. The van der Waals surface area contributed by atoms with Crippen LogP contribution in [0.1, 0.15) is 46.2 Å². The molecule has 0 saturated carbocycles. The van der Waals surface area contributed by atoms with Crippen molar-refractivity contribution in [1.82, 2.24) is 0 Å². The number of ether oxygens (including phenoxy) is 1. The average molecular weight is 382 g/mol. The van der Waals surface area contributed by atoms with Crippen molar-refractivity contribution >= 4 is 5.69 Å². The van der Waals surface area contributed by atoms with Crippen LogP contribution in [0.2, 0.25) is 0 Å². The fourth-order valence-electron chi connectivity index (χ4n) is 4.76. The molecule has 2 heteroatoms. The zero-order chi connectivity index (χ0) is 19.8. The number of aryl methyl sites for hydroxylation is 1. The van der Waals surface area contributed by atoms with E-state index in [2.05, 4.69) is 79.8 Å². The molecule has 3 aromatic rings. The number of benzene rings is 3. The summed E-state index contributed by atoms with van der Waals surface area (Å²) in [4.78, 5) is 0. The first-order valence-electron chi connectivity index (χ1n) is 10.5. The third-order valence-electron chi connectivity index (χ3n) is 6.56. The van der Waals surface area contributed by atoms with Crippen LogP contribution in [0.3, 0.4) is 0 Å². The second kappa shape index (κ2) is 7.44. The Hall–Kier alpha value is -3.00. The normalized spacial score (nSPS) is 21.9. The van der Waals surface area contributed by atoms with E-state index < -0.39 is 0 Å². The molecule has 0 amide bonds. The van der Waals surface area contributed by atoms with Crippen molar-refractivity contribution in [1.29, 1.82) is 0 Å². The molecule has 0 radical (unpaired) electrons. The van der Waals surface area contributed by atoms with Gasteiger partial charge in [-0.1, -0.05) is 66.7 Å². The second-order valence-corrected chi connectivity index (χ2v) is 8.29. The summed E-state index contributed by atoms with van der Waals surface area (Å²) < 4.78 is 5.98. The van der Waals surface area contributed by atoms with Crippen molar-refractivity contribution in [2.45, 2.75) is 38.8 Å². The first-order chi connectivity index (χ1) is 14.2. The van der Waals surface area contributed by atoms with Crippen LogP contribution in [0.25, 0.3) is 0 Å². The number of rotatable bonds is 4. The highest BCUT2D eigenvalue weighted by atomic mass is 16.5. The molecule has 5 rings (SSSR count). The summed E-state index contributed by atoms with van der Waals surface area (Å²) >= 11 is 0. The number of nitrogens with one attached hydrogen (secondary N) is 1. The highest BCUT2D eigenvalue weighted by Crippen LogP contribution is 2.51. The van der Waals surface area contributed by atoms with Crippen LogP contribution in [0, 0.1) is 19.8 Å². The summed E-state index contributed by atoms with van der Waals surface area (Å²) in [5.74, 6) is 1.99. The maximum Gasteiger partial charge on any atom is 0.119 e. The van der Waals surface area contributed by atoms with Crippen LogP contribution in [0.15, 0.2) is 78.9 Å². The zero-order valence-electron chi connectivity index (χ0n) is 17.1. The van der Waals surface area contributed by atoms with Crippen molar-refractivity contribution in [2.24, 2.45) is 5.92 Å². The minimum absolute atomic E-state index is 0.325. The van der Waals surface area contributed by atoms with Gasteiger partial charge in [-0.05, 0) is 66.1 Å². The van der Waals surface area contributed by atoms with Crippen molar-refractivity contribution in [2.75, 3.05) is 5.32 Å². The molecule has 0 spiro atoms. The van der Waals surface area contributed by atoms with Crippen LogP contribution >= 0.6 is 0 Å². The summed E-state index contributed by atoms with van der Waals surface area (Å²) in [6, 6.07) is 23.9. The molecule has 0 aromatic heterocycles. The minimum atomic E-state index is 0.325. The standard InChI is InChI=1S/C27H27NO/c1-18-11-16-25-23-9-6-10-24(23)27(28-26(25)19(18)2)21-12-14-22(15-13-21)29-17-20-7-4-3-5-8-20/h3-9,11-16,23-24,27-28H,10,17H2,1-2H3. The Morgan fingerprint density at radius 1 is 0.931 bits per heavy atom. The smallest absolute Gasteiger partial charge is 0.119 e. The summed E-state index contributed by atoms with van der Waals surface area (Å²) in [7, 11) is 0. The van der Waals surface area contributed by atoms with Crippen molar-refractivity contribution in [3.05, 3.63) is 107 Å². The van der Waals surface area contributed by atoms with Gasteiger partial charge in [-0.15, -0.1) is 0 Å². The third-order valence-corrected chi connectivity index (χ3v) is 6.56. The predicted octanol–water partition coefficient (Wildman–Crippen LogP) is 6.71. The lowest BCUT2D eigenvalue weighted by Gasteiger charge is -2.38. The van der Waals surface area contributed by atoms with E-state index in [1.54, 1.807) is 0 Å². The van der Waals surface area contributed by atoms with Crippen LogP contribution in [0.5, 0.6) is 5.75 Å². The number of hydrogen-bond acceptors (Lipinski definition) is 2. The van der Waals surface area contributed by atoms with Gasteiger partial charge in [0.05, 0.1) is 6.04 Å². The van der Waals surface area contributed by atoms with Crippen LogP contribution in [0.4, 0.5) is 5.69 Å². The monoisotopic (exact) mass is 381 g/mol. The molecule has 3 atom stereocenters. The summed E-state index contributed by atoms with van der Waals surface area (Å²) in [6.45, 7) is 5.03. The van der Waals surface area contributed by atoms with Gasteiger partial charge in [0, 0.05) is 11.6 Å². The van der Waals surface area contributed by atoms with E-state index in [1.165, 1.54) is 33.5 Å². The molecule has 1 heterocycles. The number of fused-ring (bicyclic) bond motifs is 3. The molecule has 1 aliphatic carbocycles. The predicted molar refractivity (Wildman–Crippen MR) is 119 cm³/mol. The van der Waals surface area contributed by atoms with Crippen LogP contribution < -0.4 is 10.1 Å². The molecule has 2 aliphatic rings. The molecule has 3 unspecified atom stereocenters. The van der Waals surface area contributed by atoms with E-state index in [1.807, 2.05) is 18.2 Å². The van der Waals surface area contributed by atoms with Gasteiger partial charge in [0.25, 0.3) is 0 Å². The molecule has 146 valence electrons. The SMILES string of the molecule is Cc1ccc2c(c1C)NC(c1ccc(OCc3ccccc3)cc1)C1CC=CC21. The summed E-state index contributed by atoms with van der Waals surface area (Å²) in [5, 5.41) is 3.89. The Morgan fingerprint density at radius 3 is 2.52 bits per heavy atom. The van der Waals surface area contributed by atoms with Gasteiger partial charge in [-0.2, -0.15) is 0 Å². The fraction of sp³-hybridized carbons (Fsp3) is 0.259. The largest absolute Gasteiger partial charge is 0.489 e. The first-order valence-corrected chi connectivity index (χ1v) is 10.5. The molecule has 1 aliphatic heterocycles. The van der Waals surface area contributed by atoms with E-state index in [-0.39, 0.29) is 0 Å². The molecule has 0 saturated heterocycles. The molecular formula is C27H27NO. The van der Waals surface area contributed by atoms with Gasteiger partial charge < -0.3 is 10.1 Å². The minimum Gasteiger partial charge on any atom is -0.489 e. The Balaban J connectivity index is 1.38. The van der Waals surface area contributed by atoms with Crippen molar-refractivity contribution in [3.63, 3.8) is 0 Å². The number of allylic oxidation sites excluding steroid dienone is 2. The van der Waals surface area contributed by atoms with E-state index >= 15 is 0 Å². The van der Waals surface area contributed by atoms with Crippen molar-refractivity contribution < 1.29 is 4.74 Å². The Morgan fingerprint density at radius 2 is 1.72 bits per heavy atom. The quantitative estimate of drug-likeness (QED) is 0.507. The maximum atomic E-state index is 5.98. The topological polar surface area (TPSA) is 21.3 Å². The fourth-order valence-corrected chi connectivity index (χ4v) is 4.76. The average Bonchev–Trinajstić information content (AvgIpc) is 3.26. The Kier molecular flexibility index (Phi) is 4.63. The van der Waals surface area contributed by atoms with E-state index in [4.69, 9.17) is 4.74 Å². The molecule has 2 nitrogen and oxygen atoms in total. The summed E-state index contributed by atoms with van der Waals surface area (Å²) in [6.07, 6.45) is 5.88. The first kappa shape index (κ1) is 18.1. The lowest BCUT2D eigenvalue weighted by Crippen LogP contribution is -2.29. The van der Waals surface area contributed by atoms with Crippen LogP contribution in [-0.2, 0) is 6.61 Å². The van der Waals surface area contributed by atoms with Gasteiger partial charge in [0.1, 0.15) is 12.4 Å². The van der Waals surface area contributed by atoms with E-state index in [9.17, 15) is 0 Å². The number of hydrogen-bond donors (Lipinski definition) is 1. The summed E-state index contributed by atoms with van der Waals surface area (Å²) in [5.41, 5.74) is 8.02. The van der Waals surface area contributed by atoms with Gasteiger partial charge >= 0.3 is 0 Å². The zero-order valence-corrected chi connectivity index (χ0v) is 17.1. The lowest BCUT2D eigenvalue weighted by atomic mass is 9.76. The van der Waals surface area contributed by atoms with E-state index in [0.29, 0.717) is 24.5 Å². The van der Waals surface area contributed by atoms with Crippen molar-refractivity contribution in [3.8, 4) is 5.75 Å². The molecule has 0 bridgehead atoms. The van der Waals surface area contributed by atoms with Gasteiger partial charge in [-0.25, -0.2) is 0 Å². The highest BCUT2D eigenvalue weighted by Gasteiger charge is 2.38. The Labute approximate surface area is 173 Å².